The summed E-state index contributed by atoms with van der Waals surface area (Å²) in [6.07, 6.45) is 2.12. The molecule has 2 rings (SSSR count). The predicted molar refractivity (Wildman–Crippen MR) is 68.0 cm³/mol. The molecule has 0 aliphatic carbocycles. The lowest BCUT2D eigenvalue weighted by molar-refractivity contribution is 0.103. The van der Waals surface area contributed by atoms with Crippen molar-refractivity contribution in [1.29, 1.82) is 0 Å². The van der Waals surface area contributed by atoms with Gasteiger partial charge in [0.2, 0.25) is 0 Å². The first-order valence-corrected chi connectivity index (χ1v) is 6.78. The SMILES string of the molecule is CNCC1(CN2CCC(C(C)O)C2)CCOC1. The van der Waals surface area contributed by atoms with Crippen molar-refractivity contribution in [3.63, 3.8) is 0 Å². The summed E-state index contributed by atoms with van der Waals surface area (Å²) >= 11 is 0. The van der Waals surface area contributed by atoms with Crippen LogP contribution in [0.1, 0.15) is 19.8 Å². The zero-order chi connectivity index (χ0) is 12.3. The molecule has 2 aliphatic rings. The fourth-order valence-electron chi connectivity index (χ4n) is 3.22. The number of likely N-dealkylation sites (tertiary alicyclic amines) is 1. The molecule has 3 unspecified atom stereocenters. The van der Waals surface area contributed by atoms with Crippen molar-refractivity contribution in [1.82, 2.24) is 10.2 Å². The molecule has 17 heavy (non-hydrogen) atoms. The minimum absolute atomic E-state index is 0.167. The van der Waals surface area contributed by atoms with Gasteiger partial charge in [0.1, 0.15) is 0 Å². The van der Waals surface area contributed by atoms with Crippen LogP contribution in [0.15, 0.2) is 0 Å². The number of hydrogen-bond acceptors (Lipinski definition) is 4. The first kappa shape index (κ1) is 13.3. The Kier molecular flexibility index (Phi) is 4.42. The molecule has 0 bridgehead atoms. The molecule has 0 radical (unpaired) electrons. The summed E-state index contributed by atoms with van der Waals surface area (Å²) in [6.45, 7) is 8.00. The van der Waals surface area contributed by atoms with Gasteiger partial charge in [-0.1, -0.05) is 0 Å². The quantitative estimate of drug-likeness (QED) is 0.728. The maximum Gasteiger partial charge on any atom is 0.0552 e. The van der Waals surface area contributed by atoms with Crippen LogP contribution in [0.2, 0.25) is 0 Å². The highest BCUT2D eigenvalue weighted by Gasteiger charge is 2.38. The first-order chi connectivity index (χ1) is 8.15. The maximum atomic E-state index is 9.63. The van der Waals surface area contributed by atoms with Crippen LogP contribution in [0.5, 0.6) is 0 Å². The van der Waals surface area contributed by atoms with E-state index in [1.807, 2.05) is 14.0 Å². The van der Waals surface area contributed by atoms with E-state index in [1.54, 1.807) is 0 Å². The van der Waals surface area contributed by atoms with Crippen molar-refractivity contribution in [2.45, 2.75) is 25.9 Å². The van der Waals surface area contributed by atoms with Crippen LogP contribution in [0.3, 0.4) is 0 Å². The molecule has 2 heterocycles. The largest absolute Gasteiger partial charge is 0.393 e. The Morgan fingerprint density at radius 1 is 1.59 bits per heavy atom. The van der Waals surface area contributed by atoms with Crippen molar-refractivity contribution >= 4 is 0 Å². The number of nitrogens with one attached hydrogen (secondary N) is 1. The smallest absolute Gasteiger partial charge is 0.0552 e. The fourth-order valence-corrected chi connectivity index (χ4v) is 3.22. The van der Waals surface area contributed by atoms with Crippen molar-refractivity contribution in [3.8, 4) is 0 Å². The summed E-state index contributed by atoms with van der Waals surface area (Å²) in [4.78, 5) is 2.50. The second kappa shape index (κ2) is 5.65. The Balaban J connectivity index is 1.87. The lowest BCUT2D eigenvalue weighted by Gasteiger charge is -2.32. The standard InChI is InChI=1S/C13H26N2O2/c1-11(16)12-3-5-15(7-12)9-13(8-14-2)4-6-17-10-13/h11-12,14,16H,3-10H2,1-2H3. The number of nitrogens with zero attached hydrogens (tertiary/aromatic N) is 1. The van der Waals surface area contributed by atoms with E-state index >= 15 is 0 Å². The number of aliphatic hydroxyl groups is 1. The summed E-state index contributed by atoms with van der Waals surface area (Å²) in [5, 5.41) is 12.9. The molecule has 0 spiro atoms. The van der Waals surface area contributed by atoms with Gasteiger partial charge >= 0.3 is 0 Å². The third-order valence-electron chi connectivity index (χ3n) is 4.29. The molecule has 2 aliphatic heterocycles. The molecule has 2 saturated heterocycles. The molecule has 0 aromatic heterocycles. The molecule has 0 aromatic carbocycles. The molecule has 0 amide bonds. The predicted octanol–water partition coefficient (Wildman–Crippen LogP) is 0.315. The van der Waals surface area contributed by atoms with E-state index in [0.717, 1.165) is 52.2 Å². The summed E-state index contributed by atoms with van der Waals surface area (Å²) < 4.78 is 5.58. The van der Waals surface area contributed by atoms with E-state index < -0.39 is 0 Å². The molecule has 2 fully saturated rings. The van der Waals surface area contributed by atoms with E-state index in [2.05, 4.69) is 10.2 Å². The topological polar surface area (TPSA) is 44.7 Å². The second-order valence-corrected chi connectivity index (χ2v) is 5.86. The summed E-state index contributed by atoms with van der Waals surface area (Å²) in [5.41, 5.74) is 0.294. The van der Waals surface area contributed by atoms with Gasteiger partial charge in [-0.05, 0) is 39.3 Å². The Morgan fingerprint density at radius 3 is 2.94 bits per heavy atom. The number of rotatable bonds is 5. The highest BCUT2D eigenvalue weighted by atomic mass is 16.5. The molecule has 2 N–H and O–H groups in total. The lowest BCUT2D eigenvalue weighted by atomic mass is 9.86. The minimum Gasteiger partial charge on any atom is -0.393 e. The normalized spacial score (nSPS) is 36.5. The Hall–Kier alpha value is -0.160. The van der Waals surface area contributed by atoms with E-state index in [4.69, 9.17) is 4.74 Å². The van der Waals surface area contributed by atoms with Gasteiger partial charge in [0, 0.05) is 31.7 Å². The van der Waals surface area contributed by atoms with Crippen molar-refractivity contribution in [2.75, 3.05) is 46.4 Å². The molecule has 4 nitrogen and oxygen atoms in total. The summed E-state index contributed by atoms with van der Waals surface area (Å²) in [6, 6.07) is 0. The average molecular weight is 242 g/mol. The monoisotopic (exact) mass is 242 g/mol. The van der Waals surface area contributed by atoms with Crippen LogP contribution in [-0.4, -0.2) is 62.6 Å². The molecule has 4 heteroatoms. The van der Waals surface area contributed by atoms with Crippen LogP contribution in [-0.2, 0) is 4.74 Å². The maximum absolute atomic E-state index is 9.63. The van der Waals surface area contributed by atoms with E-state index in [0.29, 0.717) is 11.3 Å². The molecule has 0 saturated carbocycles. The van der Waals surface area contributed by atoms with Crippen molar-refractivity contribution in [2.24, 2.45) is 11.3 Å². The van der Waals surface area contributed by atoms with Gasteiger partial charge in [-0.15, -0.1) is 0 Å². The van der Waals surface area contributed by atoms with Crippen LogP contribution in [0.25, 0.3) is 0 Å². The van der Waals surface area contributed by atoms with E-state index in [9.17, 15) is 5.11 Å². The summed E-state index contributed by atoms with van der Waals surface area (Å²) in [7, 11) is 2.02. The zero-order valence-electron chi connectivity index (χ0n) is 11.1. The van der Waals surface area contributed by atoms with Gasteiger partial charge in [-0.2, -0.15) is 0 Å². The molecule has 100 valence electrons. The minimum atomic E-state index is -0.167. The van der Waals surface area contributed by atoms with Gasteiger partial charge in [0.25, 0.3) is 0 Å². The van der Waals surface area contributed by atoms with Gasteiger partial charge in [-0.3, -0.25) is 0 Å². The van der Waals surface area contributed by atoms with Crippen LogP contribution in [0, 0.1) is 11.3 Å². The fraction of sp³-hybridized carbons (Fsp3) is 1.00. The van der Waals surface area contributed by atoms with Crippen molar-refractivity contribution in [3.05, 3.63) is 0 Å². The lowest BCUT2D eigenvalue weighted by Crippen LogP contribution is -2.43. The summed E-state index contributed by atoms with van der Waals surface area (Å²) in [5.74, 6) is 0.462. The highest BCUT2D eigenvalue weighted by molar-refractivity contribution is 4.90. The Labute approximate surface area is 104 Å². The molecular formula is C13H26N2O2. The molecule has 0 aromatic rings. The number of hydrogen-bond donors (Lipinski definition) is 2. The number of ether oxygens (including phenoxy) is 1. The third-order valence-corrected chi connectivity index (χ3v) is 4.29. The van der Waals surface area contributed by atoms with Crippen molar-refractivity contribution < 1.29 is 9.84 Å². The van der Waals surface area contributed by atoms with E-state index in [1.165, 1.54) is 0 Å². The Bertz CT molecular complexity index is 240. The van der Waals surface area contributed by atoms with Crippen LogP contribution < -0.4 is 5.32 Å². The Morgan fingerprint density at radius 2 is 2.41 bits per heavy atom. The zero-order valence-corrected chi connectivity index (χ0v) is 11.1. The second-order valence-electron chi connectivity index (χ2n) is 5.86. The van der Waals surface area contributed by atoms with Crippen LogP contribution >= 0.6 is 0 Å². The van der Waals surface area contributed by atoms with Gasteiger partial charge < -0.3 is 20.1 Å². The van der Waals surface area contributed by atoms with Gasteiger partial charge in [0.05, 0.1) is 12.7 Å². The van der Waals surface area contributed by atoms with Crippen LogP contribution in [0.4, 0.5) is 0 Å². The van der Waals surface area contributed by atoms with Gasteiger partial charge in [0.15, 0.2) is 0 Å². The first-order valence-electron chi connectivity index (χ1n) is 6.78. The molecular weight excluding hydrogens is 216 g/mol. The molecule has 3 atom stereocenters. The third kappa shape index (κ3) is 3.19. The van der Waals surface area contributed by atoms with E-state index in [-0.39, 0.29) is 6.10 Å². The highest BCUT2D eigenvalue weighted by Crippen LogP contribution is 2.31. The van der Waals surface area contributed by atoms with Gasteiger partial charge in [-0.25, -0.2) is 0 Å². The number of aliphatic hydroxyl groups excluding tert-OH is 1. The average Bonchev–Trinajstić information content (AvgIpc) is 2.89.